The maximum atomic E-state index is 12.3. The van der Waals surface area contributed by atoms with Crippen LogP contribution >= 0.6 is 11.6 Å². The van der Waals surface area contributed by atoms with Gasteiger partial charge in [-0.3, -0.25) is 9.59 Å². The van der Waals surface area contributed by atoms with E-state index in [9.17, 15) is 24.9 Å². The van der Waals surface area contributed by atoms with Crippen molar-refractivity contribution in [2.75, 3.05) is 0 Å². The molecule has 20 heavy (non-hydrogen) atoms. The van der Waals surface area contributed by atoms with Gasteiger partial charge in [0.15, 0.2) is 23.1 Å². The van der Waals surface area contributed by atoms with Gasteiger partial charge in [0, 0.05) is 11.1 Å². The molecular weight excluding hydrogens is 284 g/mol. The standard InChI is InChI=1S/C14H7ClO5/c15-9-7-8(12(18)14(20)13(9)19)11(17)6-4-2-1-3-5(6)10(7)16/h1-4,18-20H. The largest absolute Gasteiger partial charge is 0.504 e. The monoisotopic (exact) mass is 290 g/mol. The minimum atomic E-state index is -0.922. The smallest absolute Gasteiger partial charge is 0.202 e. The molecule has 0 fully saturated rings. The predicted molar refractivity (Wildman–Crippen MR) is 69.8 cm³/mol. The Kier molecular flexibility index (Phi) is 2.49. The molecule has 5 nitrogen and oxygen atoms in total. The van der Waals surface area contributed by atoms with Gasteiger partial charge in [0.2, 0.25) is 5.75 Å². The summed E-state index contributed by atoms with van der Waals surface area (Å²) in [6.45, 7) is 0. The number of carbonyl (C=O) groups is 2. The number of ketones is 2. The summed E-state index contributed by atoms with van der Waals surface area (Å²) < 4.78 is 0. The maximum absolute atomic E-state index is 12.3. The van der Waals surface area contributed by atoms with E-state index in [-0.39, 0.29) is 16.7 Å². The average Bonchev–Trinajstić information content (AvgIpc) is 2.46. The molecule has 0 bridgehead atoms. The van der Waals surface area contributed by atoms with Gasteiger partial charge in [0.25, 0.3) is 0 Å². The zero-order valence-electron chi connectivity index (χ0n) is 9.85. The molecule has 2 aromatic carbocycles. The lowest BCUT2D eigenvalue weighted by atomic mass is 9.83. The number of phenolic OH excluding ortho intramolecular Hbond substituents is 3. The van der Waals surface area contributed by atoms with Gasteiger partial charge in [-0.25, -0.2) is 0 Å². The van der Waals surface area contributed by atoms with Crippen LogP contribution in [0.25, 0.3) is 0 Å². The third-order valence-electron chi connectivity index (χ3n) is 3.23. The third-order valence-corrected chi connectivity index (χ3v) is 3.60. The van der Waals surface area contributed by atoms with Gasteiger partial charge in [-0.2, -0.15) is 0 Å². The molecule has 3 rings (SSSR count). The van der Waals surface area contributed by atoms with Gasteiger partial charge in [0.05, 0.1) is 16.1 Å². The first-order chi connectivity index (χ1) is 9.45. The fraction of sp³-hybridized carbons (Fsp3) is 0. The van der Waals surface area contributed by atoms with E-state index in [1.807, 2.05) is 0 Å². The molecule has 0 aromatic heterocycles. The van der Waals surface area contributed by atoms with Crippen molar-refractivity contribution in [1.29, 1.82) is 0 Å². The van der Waals surface area contributed by atoms with Crippen molar-refractivity contribution in [3.05, 3.63) is 51.5 Å². The highest BCUT2D eigenvalue weighted by Crippen LogP contribution is 2.48. The lowest BCUT2D eigenvalue weighted by Gasteiger charge is -2.20. The molecule has 0 saturated heterocycles. The Labute approximate surface area is 117 Å². The first-order valence-corrected chi connectivity index (χ1v) is 5.97. The topological polar surface area (TPSA) is 94.8 Å². The van der Waals surface area contributed by atoms with Crippen LogP contribution in [0.1, 0.15) is 31.8 Å². The summed E-state index contributed by atoms with van der Waals surface area (Å²) in [7, 11) is 0. The second-order valence-corrected chi connectivity index (χ2v) is 4.69. The van der Waals surface area contributed by atoms with E-state index in [1.54, 1.807) is 12.1 Å². The van der Waals surface area contributed by atoms with Gasteiger partial charge in [0.1, 0.15) is 0 Å². The van der Waals surface area contributed by atoms with E-state index >= 15 is 0 Å². The summed E-state index contributed by atoms with van der Waals surface area (Å²) in [5, 5.41) is 28.5. The molecule has 1 aliphatic carbocycles. The van der Waals surface area contributed by atoms with Crippen molar-refractivity contribution >= 4 is 23.2 Å². The summed E-state index contributed by atoms with van der Waals surface area (Å²) in [6, 6.07) is 6.06. The lowest BCUT2D eigenvalue weighted by molar-refractivity contribution is 0.0976. The van der Waals surface area contributed by atoms with Gasteiger partial charge in [-0.1, -0.05) is 35.9 Å². The summed E-state index contributed by atoms with van der Waals surface area (Å²) in [5.41, 5.74) is -0.449. The van der Waals surface area contributed by atoms with Crippen LogP contribution in [0.5, 0.6) is 17.2 Å². The first-order valence-electron chi connectivity index (χ1n) is 5.60. The SMILES string of the molecule is O=C1c2ccccc2C(=O)c2c(Cl)c(O)c(O)c(O)c21. The number of halogens is 1. The highest BCUT2D eigenvalue weighted by molar-refractivity contribution is 6.41. The van der Waals surface area contributed by atoms with Crippen LogP contribution in [0, 0.1) is 0 Å². The zero-order chi connectivity index (χ0) is 14.6. The minimum absolute atomic E-state index is 0.112. The number of hydrogen-bond donors (Lipinski definition) is 3. The number of aromatic hydroxyl groups is 3. The molecule has 0 saturated carbocycles. The van der Waals surface area contributed by atoms with E-state index in [4.69, 9.17) is 11.6 Å². The van der Waals surface area contributed by atoms with Crippen molar-refractivity contribution < 1.29 is 24.9 Å². The normalized spacial score (nSPS) is 13.1. The third kappa shape index (κ3) is 1.38. The second-order valence-electron chi connectivity index (χ2n) is 4.31. The Hall–Kier alpha value is -2.53. The van der Waals surface area contributed by atoms with Crippen LogP contribution in [0.15, 0.2) is 24.3 Å². The maximum Gasteiger partial charge on any atom is 0.202 e. The van der Waals surface area contributed by atoms with Crippen LogP contribution < -0.4 is 0 Å². The van der Waals surface area contributed by atoms with Crippen molar-refractivity contribution in [3.8, 4) is 17.2 Å². The van der Waals surface area contributed by atoms with E-state index in [0.29, 0.717) is 0 Å². The molecule has 0 amide bonds. The van der Waals surface area contributed by atoms with E-state index in [1.165, 1.54) is 12.1 Å². The van der Waals surface area contributed by atoms with Crippen LogP contribution in [0.2, 0.25) is 5.02 Å². The molecule has 0 aliphatic heterocycles. The van der Waals surface area contributed by atoms with E-state index in [2.05, 4.69) is 0 Å². The van der Waals surface area contributed by atoms with Crippen LogP contribution in [-0.2, 0) is 0 Å². The number of rotatable bonds is 0. The highest BCUT2D eigenvalue weighted by Gasteiger charge is 2.37. The van der Waals surface area contributed by atoms with Gasteiger partial charge >= 0.3 is 0 Å². The lowest BCUT2D eigenvalue weighted by Crippen LogP contribution is -2.21. The fourth-order valence-corrected chi connectivity index (χ4v) is 2.53. The Morgan fingerprint density at radius 2 is 1.25 bits per heavy atom. The summed E-state index contributed by atoms with van der Waals surface area (Å²) >= 11 is 5.82. The number of benzene rings is 2. The van der Waals surface area contributed by atoms with Gasteiger partial charge in [-0.15, -0.1) is 0 Å². The van der Waals surface area contributed by atoms with Crippen molar-refractivity contribution in [2.45, 2.75) is 0 Å². The number of carbonyl (C=O) groups excluding carboxylic acids is 2. The molecular formula is C14H7ClO5. The predicted octanol–water partition coefficient (Wildman–Crippen LogP) is 2.23. The summed E-state index contributed by atoms with van der Waals surface area (Å²) in [4.78, 5) is 24.7. The molecule has 0 spiro atoms. The Morgan fingerprint density at radius 1 is 0.750 bits per heavy atom. The average molecular weight is 291 g/mol. The fourth-order valence-electron chi connectivity index (χ4n) is 2.26. The Balaban J connectivity index is 2.46. The van der Waals surface area contributed by atoms with Crippen LogP contribution in [-0.4, -0.2) is 26.9 Å². The molecule has 6 heteroatoms. The Morgan fingerprint density at radius 3 is 1.80 bits per heavy atom. The van der Waals surface area contributed by atoms with Crippen molar-refractivity contribution in [2.24, 2.45) is 0 Å². The van der Waals surface area contributed by atoms with Gasteiger partial charge in [-0.05, 0) is 0 Å². The van der Waals surface area contributed by atoms with Crippen LogP contribution in [0.4, 0.5) is 0 Å². The first kappa shape index (κ1) is 12.5. The summed E-state index contributed by atoms with van der Waals surface area (Å²) in [6.07, 6.45) is 0. The van der Waals surface area contributed by atoms with Crippen molar-refractivity contribution in [1.82, 2.24) is 0 Å². The summed E-state index contributed by atoms with van der Waals surface area (Å²) in [5.74, 6) is -3.83. The minimum Gasteiger partial charge on any atom is -0.504 e. The van der Waals surface area contributed by atoms with Gasteiger partial charge < -0.3 is 15.3 Å². The number of phenols is 3. The highest BCUT2D eigenvalue weighted by atomic mass is 35.5. The van der Waals surface area contributed by atoms with Crippen LogP contribution in [0.3, 0.4) is 0 Å². The van der Waals surface area contributed by atoms with Crippen molar-refractivity contribution in [3.63, 3.8) is 0 Å². The molecule has 0 radical (unpaired) electrons. The molecule has 0 atom stereocenters. The van der Waals surface area contributed by atoms with E-state index < -0.39 is 39.4 Å². The Bertz CT molecular complexity index is 729. The molecule has 0 unspecified atom stereocenters. The molecule has 2 aromatic rings. The number of fused-ring (bicyclic) bond motifs is 2. The molecule has 0 heterocycles. The molecule has 1 aliphatic rings. The van der Waals surface area contributed by atoms with E-state index in [0.717, 1.165) is 0 Å². The second kappa shape index (κ2) is 3.98. The zero-order valence-corrected chi connectivity index (χ0v) is 10.6. The quantitative estimate of drug-likeness (QED) is 0.552. The number of hydrogen-bond acceptors (Lipinski definition) is 5. The molecule has 3 N–H and O–H groups in total. The molecule has 100 valence electrons.